The van der Waals surface area contributed by atoms with Crippen LogP contribution in [-0.2, 0) is 16.0 Å². The number of amides is 2. The first-order valence-corrected chi connectivity index (χ1v) is 10.8. The van der Waals surface area contributed by atoms with Crippen LogP contribution in [0.4, 0.5) is 0 Å². The fourth-order valence-electron chi connectivity index (χ4n) is 4.06. The SMILES string of the molecule is CC(C)CC(N)C(=O)N1CCC[C@H]1C(=O)NC(Cc1ccccn1)c1ccccc1. The molecule has 2 unspecified atom stereocenters. The molecule has 2 heterocycles. The van der Waals surface area contributed by atoms with Gasteiger partial charge in [0.2, 0.25) is 11.8 Å². The molecule has 0 radical (unpaired) electrons. The third-order valence-electron chi connectivity index (χ3n) is 5.54. The number of nitrogens with zero attached hydrogens (tertiary/aromatic N) is 2. The standard InChI is InChI=1S/C24H32N4O2/c1-17(2)15-20(25)24(30)28-14-8-12-22(28)23(29)27-21(18-9-4-3-5-10-18)16-19-11-6-7-13-26-19/h3-7,9-11,13,17,20-22H,8,12,14-16,25H2,1-2H3,(H,27,29)/t20?,21?,22-/m0/s1. The fraction of sp³-hybridized carbons (Fsp3) is 0.458. The molecule has 1 saturated heterocycles. The predicted molar refractivity (Wildman–Crippen MR) is 117 cm³/mol. The second-order valence-corrected chi connectivity index (χ2v) is 8.42. The van der Waals surface area contributed by atoms with Crippen LogP contribution in [0.3, 0.4) is 0 Å². The normalized spacial score (nSPS) is 18.3. The van der Waals surface area contributed by atoms with E-state index in [-0.39, 0.29) is 17.9 Å². The van der Waals surface area contributed by atoms with E-state index in [2.05, 4.69) is 10.3 Å². The molecule has 0 saturated carbocycles. The molecule has 1 aliphatic rings. The smallest absolute Gasteiger partial charge is 0.243 e. The molecule has 3 rings (SSSR count). The average molecular weight is 409 g/mol. The van der Waals surface area contributed by atoms with Crippen molar-refractivity contribution in [3.8, 4) is 0 Å². The van der Waals surface area contributed by atoms with Gasteiger partial charge in [-0.05, 0) is 42.9 Å². The minimum Gasteiger partial charge on any atom is -0.347 e. The number of pyridine rings is 1. The van der Waals surface area contributed by atoms with E-state index in [0.29, 0.717) is 31.7 Å². The molecule has 3 N–H and O–H groups in total. The van der Waals surface area contributed by atoms with Crippen molar-refractivity contribution in [1.29, 1.82) is 0 Å². The Bertz CT molecular complexity index is 826. The molecule has 1 aliphatic heterocycles. The number of carbonyl (C=O) groups is 2. The number of likely N-dealkylation sites (tertiary alicyclic amines) is 1. The first-order chi connectivity index (χ1) is 14.5. The maximum Gasteiger partial charge on any atom is 0.243 e. The minimum atomic E-state index is -0.558. The molecule has 1 aromatic heterocycles. The third-order valence-corrected chi connectivity index (χ3v) is 5.54. The summed E-state index contributed by atoms with van der Waals surface area (Å²) in [6, 6.07) is 14.4. The zero-order valence-corrected chi connectivity index (χ0v) is 17.8. The Kier molecular flexibility index (Phi) is 7.57. The Balaban J connectivity index is 1.73. The molecule has 0 aliphatic carbocycles. The van der Waals surface area contributed by atoms with Crippen LogP contribution >= 0.6 is 0 Å². The van der Waals surface area contributed by atoms with Gasteiger partial charge in [0.15, 0.2) is 0 Å². The van der Waals surface area contributed by atoms with Crippen molar-refractivity contribution >= 4 is 11.8 Å². The highest BCUT2D eigenvalue weighted by Crippen LogP contribution is 2.23. The van der Waals surface area contributed by atoms with Crippen LogP contribution in [0.25, 0.3) is 0 Å². The number of hydrogen-bond donors (Lipinski definition) is 2. The van der Waals surface area contributed by atoms with Gasteiger partial charge in [0, 0.05) is 24.9 Å². The van der Waals surface area contributed by atoms with Gasteiger partial charge in [-0.1, -0.05) is 50.2 Å². The van der Waals surface area contributed by atoms with Crippen LogP contribution in [0.15, 0.2) is 54.7 Å². The lowest BCUT2D eigenvalue weighted by molar-refractivity contribution is -0.140. The predicted octanol–water partition coefficient (Wildman–Crippen LogP) is 2.85. The van der Waals surface area contributed by atoms with Crippen molar-refractivity contribution in [3.63, 3.8) is 0 Å². The molecule has 30 heavy (non-hydrogen) atoms. The first kappa shape index (κ1) is 22.0. The summed E-state index contributed by atoms with van der Waals surface area (Å²) in [7, 11) is 0. The van der Waals surface area contributed by atoms with Crippen molar-refractivity contribution in [2.45, 2.75) is 57.7 Å². The lowest BCUT2D eigenvalue weighted by Gasteiger charge is -2.29. The molecule has 0 spiro atoms. The lowest BCUT2D eigenvalue weighted by atomic mass is 10.0. The van der Waals surface area contributed by atoms with Gasteiger partial charge in [-0.3, -0.25) is 14.6 Å². The molecular weight excluding hydrogens is 376 g/mol. The number of carbonyl (C=O) groups excluding carboxylic acids is 2. The van der Waals surface area contributed by atoms with Crippen LogP contribution in [0.5, 0.6) is 0 Å². The summed E-state index contributed by atoms with van der Waals surface area (Å²) in [6.07, 6.45) is 4.44. The molecule has 0 bridgehead atoms. The summed E-state index contributed by atoms with van der Waals surface area (Å²) in [5, 5.41) is 3.17. The van der Waals surface area contributed by atoms with Gasteiger partial charge in [-0.25, -0.2) is 0 Å². The van der Waals surface area contributed by atoms with Crippen molar-refractivity contribution in [2.75, 3.05) is 6.54 Å². The van der Waals surface area contributed by atoms with Crippen molar-refractivity contribution in [3.05, 3.63) is 66.0 Å². The second kappa shape index (κ2) is 10.3. The number of nitrogens with two attached hydrogens (primary N) is 1. The summed E-state index contributed by atoms with van der Waals surface area (Å²) >= 11 is 0. The van der Waals surface area contributed by atoms with E-state index in [1.54, 1.807) is 11.1 Å². The number of nitrogens with one attached hydrogen (secondary N) is 1. The van der Waals surface area contributed by atoms with Gasteiger partial charge in [-0.2, -0.15) is 0 Å². The van der Waals surface area contributed by atoms with Crippen LogP contribution < -0.4 is 11.1 Å². The van der Waals surface area contributed by atoms with Gasteiger partial charge in [-0.15, -0.1) is 0 Å². The monoisotopic (exact) mass is 408 g/mol. The summed E-state index contributed by atoms with van der Waals surface area (Å²) in [6.45, 7) is 4.67. The second-order valence-electron chi connectivity index (χ2n) is 8.42. The quantitative estimate of drug-likeness (QED) is 0.703. The minimum absolute atomic E-state index is 0.123. The number of hydrogen-bond acceptors (Lipinski definition) is 4. The highest BCUT2D eigenvalue weighted by Gasteiger charge is 2.37. The molecule has 1 fully saturated rings. The van der Waals surface area contributed by atoms with E-state index < -0.39 is 12.1 Å². The molecule has 2 aromatic rings. The van der Waals surface area contributed by atoms with Gasteiger partial charge in [0.1, 0.15) is 6.04 Å². The maximum absolute atomic E-state index is 13.2. The zero-order chi connectivity index (χ0) is 21.5. The third kappa shape index (κ3) is 5.66. The molecule has 3 atom stereocenters. The maximum atomic E-state index is 13.2. The fourth-order valence-corrected chi connectivity index (χ4v) is 4.06. The van der Waals surface area contributed by atoms with E-state index in [4.69, 9.17) is 5.73 Å². The average Bonchev–Trinajstić information content (AvgIpc) is 3.23. The van der Waals surface area contributed by atoms with E-state index in [0.717, 1.165) is 17.7 Å². The number of aromatic nitrogens is 1. The topological polar surface area (TPSA) is 88.3 Å². The lowest BCUT2D eigenvalue weighted by Crippen LogP contribution is -2.52. The summed E-state index contributed by atoms with van der Waals surface area (Å²) in [4.78, 5) is 32.1. The number of benzene rings is 1. The van der Waals surface area contributed by atoms with Crippen LogP contribution in [-0.4, -0.2) is 40.3 Å². The Morgan fingerprint density at radius 2 is 1.90 bits per heavy atom. The van der Waals surface area contributed by atoms with Crippen molar-refractivity contribution < 1.29 is 9.59 Å². The summed E-state index contributed by atoms with van der Waals surface area (Å²) in [5.41, 5.74) is 8.05. The molecule has 160 valence electrons. The van der Waals surface area contributed by atoms with Crippen molar-refractivity contribution in [1.82, 2.24) is 15.2 Å². The van der Waals surface area contributed by atoms with Gasteiger partial charge >= 0.3 is 0 Å². The summed E-state index contributed by atoms with van der Waals surface area (Å²) < 4.78 is 0. The Hall–Kier alpha value is -2.73. The largest absolute Gasteiger partial charge is 0.347 e. The Labute approximate surface area is 178 Å². The molecule has 6 nitrogen and oxygen atoms in total. The summed E-state index contributed by atoms with van der Waals surface area (Å²) in [5.74, 6) is 0.0874. The number of rotatable bonds is 8. The van der Waals surface area contributed by atoms with E-state index in [9.17, 15) is 9.59 Å². The zero-order valence-electron chi connectivity index (χ0n) is 17.8. The van der Waals surface area contributed by atoms with Crippen LogP contribution in [0.1, 0.15) is 50.4 Å². The Morgan fingerprint density at radius 3 is 2.57 bits per heavy atom. The van der Waals surface area contributed by atoms with Gasteiger partial charge in [0.25, 0.3) is 0 Å². The Morgan fingerprint density at radius 1 is 1.17 bits per heavy atom. The molecular formula is C24H32N4O2. The first-order valence-electron chi connectivity index (χ1n) is 10.8. The van der Waals surface area contributed by atoms with E-state index in [1.165, 1.54) is 0 Å². The van der Waals surface area contributed by atoms with Gasteiger partial charge < -0.3 is 16.0 Å². The van der Waals surface area contributed by atoms with E-state index >= 15 is 0 Å². The van der Waals surface area contributed by atoms with Gasteiger partial charge in [0.05, 0.1) is 12.1 Å². The molecule has 1 aromatic carbocycles. The molecule has 2 amide bonds. The van der Waals surface area contributed by atoms with E-state index in [1.807, 2.05) is 62.4 Å². The molecule has 6 heteroatoms. The van der Waals surface area contributed by atoms with Crippen LogP contribution in [0.2, 0.25) is 0 Å². The highest BCUT2D eigenvalue weighted by molar-refractivity contribution is 5.90. The van der Waals surface area contributed by atoms with Crippen molar-refractivity contribution in [2.24, 2.45) is 11.7 Å². The highest BCUT2D eigenvalue weighted by atomic mass is 16.2. The van der Waals surface area contributed by atoms with Crippen LogP contribution in [0, 0.1) is 5.92 Å².